The molecule has 3 heterocycles. The predicted molar refractivity (Wildman–Crippen MR) is 636 cm³/mol. The second-order valence-electron chi connectivity index (χ2n) is 40.8. The highest BCUT2D eigenvalue weighted by Gasteiger charge is 2.28. The summed E-state index contributed by atoms with van der Waals surface area (Å²) in [5, 5.41) is 30.7. The van der Waals surface area contributed by atoms with Crippen LogP contribution in [0.1, 0.15) is 51.7 Å². The number of aromatic nitrogens is 3. The number of para-hydroxylation sites is 4. The number of hydrogen-bond donors (Lipinski definition) is 0. The molecule has 698 valence electrons. The minimum atomic E-state index is 0.0413. The van der Waals surface area contributed by atoms with Crippen molar-refractivity contribution < 1.29 is 0 Å². The van der Waals surface area contributed by atoms with E-state index in [1.165, 1.54) is 280 Å². The maximum absolute atomic E-state index is 2.48. The van der Waals surface area contributed by atoms with Crippen LogP contribution in [0.3, 0.4) is 0 Å². The number of fused-ring (bicyclic) bond motifs is 22. The normalized spacial score (nSPS) is 11.9. The average Bonchev–Trinajstić information content (AvgIpc) is 1.55. The predicted octanol–water partition coefficient (Wildman–Crippen LogP) is 40.5. The smallest absolute Gasteiger partial charge is 0.0620 e. The fourth-order valence-corrected chi connectivity index (χ4v) is 24.3. The topological polar surface area (TPSA) is 14.8 Å². The zero-order valence-corrected chi connectivity index (χ0v) is 83.1. The molecule has 0 spiro atoms. The van der Waals surface area contributed by atoms with Crippen LogP contribution in [0.5, 0.6) is 0 Å². The van der Waals surface area contributed by atoms with Crippen LogP contribution in [-0.4, -0.2) is 13.7 Å². The van der Waals surface area contributed by atoms with Gasteiger partial charge in [0.15, 0.2) is 0 Å². The molecule has 148 heavy (non-hydrogen) atoms. The first kappa shape index (κ1) is 88.4. The van der Waals surface area contributed by atoms with E-state index in [1.807, 2.05) is 0 Å². The third kappa shape index (κ3) is 14.9. The Morgan fingerprint density at radius 3 is 0.811 bits per heavy atom. The van der Waals surface area contributed by atoms with Crippen molar-refractivity contribution >= 4 is 162 Å². The molecule has 0 unspecified atom stereocenters. The minimum Gasteiger partial charge on any atom is -0.309 e. The molecule has 3 aromatic heterocycles. The summed E-state index contributed by atoms with van der Waals surface area (Å²) < 4.78 is 7.37. The van der Waals surface area contributed by atoms with Crippen molar-refractivity contribution in [2.75, 3.05) is 0 Å². The maximum atomic E-state index is 2.48. The van der Waals surface area contributed by atoms with Gasteiger partial charge in [-0.25, -0.2) is 0 Å². The van der Waals surface area contributed by atoms with Crippen molar-refractivity contribution in [1.29, 1.82) is 0 Å². The van der Waals surface area contributed by atoms with E-state index in [9.17, 15) is 0 Å². The zero-order valence-electron chi connectivity index (χ0n) is 83.1. The molecule has 0 aliphatic rings. The Balaban J connectivity index is 0.000000110. The van der Waals surface area contributed by atoms with Gasteiger partial charge < -0.3 is 13.7 Å². The first-order valence-corrected chi connectivity index (χ1v) is 51.8. The molecule has 0 N–H and O–H groups in total. The fourth-order valence-electron chi connectivity index (χ4n) is 24.3. The minimum absolute atomic E-state index is 0.0413. The summed E-state index contributed by atoms with van der Waals surface area (Å²) in [5.41, 5.74) is 33.8. The molecule has 0 saturated carbocycles. The Kier molecular flexibility index (Phi) is 21.7. The van der Waals surface area contributed by atoms with Gasteiger partial charge in [0.2, 0.25) is 0 Å². The van der Waals surface area contributed by atoms with E-state index in [2.05, 4.69) is 576 Å². The van der Waals surface area contributed by atoms with Crippen LogP contribution in [0.25, 0.3) is 268 Å². The molecule has 0 aliphatic carbocycles. The standard InChI is InChI=1S/C52H39N.C51H37N.C42H27N/c1-52(2,3)37-30-31-40-47-33-46(39-20-10-15-25-45(39)51(47)53(48(40)32-37)38-18-8-5-9-19-38)34-26-28-36(29-27-34)50-43-23-13-11-21-41(43)49(35-16-6-4-7-17-35)42-22-12-14-24-44(42)50;1-33(2)38-26-15-27-47-50(38)46-32-45(39-20-9-14-25-44(39)51(46)52(47)37-18-7-4-8-19-37)34-28-30-36(31-29-34)49-42-23-12-10-21-40(42)48(35-16-5-3-6-17-35)41-22-11-13-24-43(41)49;1-2-13-31(14-3-1)43-41-21-11-10-19-36(41)40-27-39(35-18-8-9-20-37(35)42(40)43)29-24-22-28(23-25-29)38-26-30-12-4-5-15-32(30)33-16-6-7-17-34(33)38/h4-33H,1-3H3;3-33H,1-2H3;1-27H. The van der Waals surface area contributed by atoms with Crippen LogP contribution in [0.2, 0.25) is 0 Å². The van der Waals surface area contributed by atoms with Gasteiger partial charge in [0, 0.05) is 65.5 Å². The van der Waals surface area contributed by atoms with Gasteiger partial charge in [-0.2, -0.15) is 0 Å². The summed E-state index contributed by atoms with van der Waals surface area (Å²) in [6.45, 7) is 11.5. The molecule has 26 aromatic carbocycles. The largest absolute Gasteiger partial charge is 0.309 e. The second-order valence-corrected chi connectivity index (χ2v) is 40.8. The Morgan fingerprint density at radius 2 is 0.432 bits per heavy atom. The van der Waals surface area contributed by atoms with Gasteiger partial charge in [0.05, 0.1) is 33.1 Å². The van der Waals surface area contributed by atoms with E-state index in [-0.39, 0.29) is 5.41 Å². The molecule has 0 fully saturated rings. The van der Waals surface area contributed by atoms with Crippen LogP contribution < -0.4 is 0 Å². The molecule has 29 rings (SSSR count). The van der Waals surface area contributed by atoms with Gasteiger partial charge in [-0.3, -0.25) is 0 Å². The fraction of sp³-hybridized carbons (Fsp3) is 0.0483. The summed E-state index contributed by atoms with van der Waals surface area (Å²) >= 11 is 0. The van der Waals surface area contributed by atoms with Crippen molar-refractivity contribution in [3.05, 3.63) is 539 Å². The summed E-state index contributed by atoms with van der Waals surface area (Å²) in [7, 11) is 0. The van der Waals surface area contributed by atoms with Crippen LogP contribution in [0.4, 0.5) is 0 Å². The van der Waals surface area contributed by atoms with Crippen LogP contribution in [0.15, 0.2) is 528 Å². The lowest BCUT2D eigenvalue weighted by molar-refractivity contribution is 0.591. The monoisotopic (exact) mass is 1890 g/mol. The van der Waals surface area contributed by atoms with Gasteiger partial charge in [0.1, 0.15) is 0 Å². The van der Waals surface area contributed by atoms with Crippen molar-refractivity contribution in [3.63, 3.8) is 0 Å². The highest BCUT2D eigenvalue weighted by molar-refractivity contribution is 6.28. The van der Waals surface area contributed by atoms with E-state index in [0.29, 0.717) is 5.92 Å². The molecule has 0 radical (unpaired) electrons. The number of nitrogens with zero attached hydrogens (tertiary/aromatic N) is 3. The first-order chi connectivity index (χ1) is 73.0. The van der Waals surface area contributed by atoms with E-state index >= 15 is 0 Å². The van der Waals surface area contributed by atoms with Crippen LogP contribution >= 0.6 is 0 Å². The molecule has 0 atom stereocenters. The lowest BCUT2D eigenvalue weighted by atomic mass is 9.85. The van der Waals surface area contributed by atoms with E-state index in [0.717, 1.165) is 0 Å². The Morgan fingerprint density at radius 1 is 0.169 bits per heavy atom. The SMILES string of the molecule is CC(C)(C)c1ccc2c3cc(-c4ccc(-c5c6ccccc6c(-c6ccccc6)c6ccccc56)cc4)c4ccccc4c3n(-c3ccccc3)c2c1.CC(C)c1cccc2c1c1cc(-c3ccc(-c4c5ccccc5c(-c5ccccc5)c5ccccc45)cc3)c3ccccc3c1n2-c1ccccc1.c1ccc(-n2c3ccccc3c3cc(-c4ccc(-c5cc6ccccc6c6ccccc56)cc4)c4ccccc4c32)cc1. The summed E-state index contributed by atoms with van der Waals surface area (Å²) in [4.78, 5) is 0. The van der Waals surface area contributed by atoms with Gasteiger partial charge >= 0.3 is 0 Å². The van der Waals surface area contributed by atoms with Crippen LogP contribution in [-0.2, 0) is 5.41 Å². The molecule has 0 bridgehead atoms. The van der Waals surface area contributed by atoms with Crippen molar-refractivity contribution in [1.82, 2.24) is 13.7 Å². The van der Waals surface area contributed by atoms with E-state index < -0.39 is 0 Å². The molecule has 0 amide bonds. The Labute approximate surface area is 860 Å². The third-order valence-corrected chi connectivity index (χ3v) is 31.0. The molecule has 3 heteroatoms. The van der Waals surface area contributed by atoms with Gasteiger partial charge in [0.25, 0.3) is 0 Å². The highest BCUT2D eigenvalue weighted by Crippen LogP contribution is 2.52. The van der Waals surface area contributed by atoms with Gasteiger partial charge in [-0.05, 0) is 271 Å². The number of rotatable bonds is 12. The number of hydrogen-bond acceptors (Lipinski definition) is 0. The third-order valence-electron chi connectivity index (χ3n) is 31.0. The maximum Gasteiger partial charge on any atom is 0.0620 e. The van der Waals surface area contributed by atoms with E-state index in [1.54, 1.807) is 0 Å². The van der Waals surface area contributed by atoms with Gasteiger partial charge in [-0.1, -0.05) is 484 Å². The average molecular weight is 1890 g/mol. The molecule has 3 nitrogen and oxygen atoms in total. The quantitative estimate of drug-likeness (QED) is 0.0855. The zero-order chi connectivity index (χ0) is 98.8. The Bertz CT molecular complexity index is 10200. The van der Waals surface area contributed by atoms with Crippen molar-refractivity contribution in [2.24, 2.45) is 0 Å². The molecule has 0 aliphatic heterocycles. The molecular formula is C145H103N3. The molecule has 29 aromatic rings. The lowest BCUT2D eigenvalue weighted by Crippen LogP contribution is -2.10. The summed E-state index contributed by atoms with van der Waals surface area (Å²) in [6, 6.07) is 194. The van der Waals surface area contributed by atoms with Crippen molar-refractivity contribution in [2.45, 2.75) is 46.0 Å². The first-order valence-electron chi connectivity index (χ1n) is 51.8. The van der Waals surface area contributed by atoms with Crippen LogP contribution in [0, 0.1) is 0 Å². The molecular weight excluding hydrogens is 1780 g/mol. The van der Waals surface area contributed by atoms with Crippen molar-refractivity contribution in [3.8, 4) is 106 Å². The lowest BCUT2D eigenvalue weighted by Gasteiger charge is -2.19. The van der Waals surface area contributed by atoms with E-state index in [4.69, 9.17) is 0 Å². The number of benzene rings is 26. The van der Waals surface area contributed by atoms with Gasteiger partial charge in [-0.15, -0.1) is 0 Å². The highest BCUT2D eigenvalue weighted by atomic mass is 15.0. The summed E-state index contributed by atoms with van der Waals surface area (Å²) in [5.74, 6) is 0.394. The summed E-state index contributed by atoms with van der Waals surface area (Å²) in [6.07, 6.45) is 0. The second kappa shape index (κ2) is 36.4. The Hall–Kier alpha value is -18.5. The molecule has 0 saturated heterocycles.